The van der Waals surface area contributed by atoms with Crippen molar-refractivity contribution in [3.63, 3.8) is 0 Å². The van der Waals surface area contributed by atoms with Gasteiger partial charge in [0, 0.05) is 32.0 Å². The van der Waals surface area contributed by atoms with Gasteiger partial charge in [-0.25, -0.2) is 9.37 Å². The molecule has 1 atom stereocenters. The van der Waals surface area contributed by atoms with Gasteiger partial charge in [0.1, 0.15) is 11.6 Å². The van der Waals surface area contributed by atoms with Crippen LogP contribution in [0.3, 0.4) is 0 Å². The normalized spacial score (nSPS) is 16.0. The van der Waals surface area contributed by atoms with Gasteiger partial charge in [-0.3, -0.25) is 4.79 Å². The maximum absolute atomic E-state index is 13.3. The van der Waals surface area contributed by atoms with Crippen molar-refractivity contribution < 1.29 is 9.18 Å². The Kier molecular flexibility index (Phi) is 9.33. The van der Waals surface area contributed by atoms with E-state index in [4.69, 9.17) is 4.98 Å². The summed E-state index contributed by atoms with van der Waals surface area (Å²) in [6.07, 6.45) is 13.7. The van der Waals surface area contributed by atoms with Crippen LogP contribution in [0.15, 0.2) is 48.5 Å². The van der Waals surface area contributed by atoms with Crippen LogP contribution in [0.25, 0.3) is 11.0 Å². The summed E-state index contributed by atoms with van der Waals surface area (Å²) >= 11 is 0. The fourth-order valence-electron chi connectivity index (χ4n) is 5.31. The van der Waals surface area contributed by atoms with Gasteiger partial charge in [0.05, 0.1) is 11.0 Å². The molecular formula is C30H40FN3O. The molecule has 35 heavy (non-hydrogen) atoms. The topological polar surface area (TPSA) is 38.1 Å². The second kappa shape index (κ2) is 12.9. The summed E-state index contributed by atoms with van der Waals surface area (Å²) in [5, 5.41) is 0. The molecule has 4 rings (SSSR count). The molecule has 1 amide bonds. The van der Waals surface area contributed by atoms with Crippen LogP contribution in [0, 0.1) is 5.82 Å². The Hall–Kier alpha value is -2.69. The fourth-order valence-corrected chi connectivity index (χ4v) is 5.31. The van der Waals surface area contributed by atoms with Crippen molar-refractivity contribution >= 4 is 16.9 Å². The first kappa shape index (κ1) is 25.4. The molecular weight excluding hydrogens is 437 g/mol. The van der Waals surface area contributed by atoms with Crippen LogP contribution in [0.1, 0.15) is 94.9 Å². The lowest BCUT2D eigenvalue weighted by atomic mass is 10.1. The second-order valence-electron chi connectivity index (χ2n) is 10.1. The van der Waals surface area contributed by atoms with Crippen molar-refractivity contribution in [1.29, 1.82) is 0 Å². The number of aromatic nitrogens is 2. The van der Waals surface area contributed by atoms with Gasteiger partial charge in [0.15, 0.2) is 0 Å². The van der Waals surface area contributed by atoms with Crippen molar-refractivity contribution in [1.82, 2.24) is 14.5 Å². The van der Waals surface area contributed by atoms with Gasteiger partial charge in [-0.15, -0.1) is 0 Å². The van der Waals surface area contributed by atoms with Crippen LogP contribution >= 0.6 is 0 Å². The van der Waals surface area contributed by atoms with Crippen molar-refractivity contribution in [3.05, 3.63) is 65.7 Å². The van der Waals surface area contributed by atoms with Gasteiger partial charge in [-0.05, 0) is 36.2 Å². The fraction of sp³-hybridized carbons (Fsp3) is 0.533. The number of aryl methyl sites for hydroxylation is 1. The van der Waals surface area contributed by atoms with Crippen molar-refractivity contribution in [3.8, 4) is 0 Å². The van der Waals surface area contributed by atoms with Crippen LogP contribution < -0.4 is 0 Å². The first-order valence-electron chi connectivity index (χ1n) is 13.6. The van der Waals surface area contributed by atoms with Crippen LogP contribution in [0.5, 0.6) is 0 Å². The average molecular weight is 478 g/mol. The van der Waals surface area contributed by atoms with Crippen LogP contribution in [0.4, 0.5) is 4.39 Å². The number of para-hydroxylation sites is 2. The van der Waals surface area contributed by atoms with Crippen molar-refractivity contribution in [2.45, 2.75) is 96.6 Å². The van der Waals surface area contributed by atoms with E-state index in [0.29, 0.717) is 19.5 Å². The Labute approximate surface area is 209 Å². The molecule has 0 saturated carbocycles. The Morgan fingerprint density at radius 2 is 1.54 bits per heavy atom. The van der Waals surface area contributed by atoms with Crippen LogP contribution in [0.2, 0.25) is 0 Å². The van der Waals surface area contributed by atoms with Crippen molar-refractivity contribution in [2.75, 3.05) is 6.54 Å². The molecule has 1 fully saturated rings. The van der Waals surface area contributed by atoms with E-state index in [1.165, 1.54) is 75.4 Å². The summed E-state index contributed by atoms with van der Waals surface area (Å²) in [5.41, 5.74) is 3.14. The summed E-state index contributed by atoms with van der Waals surface area (Å²) in [7, 11) is 0. The number of fused-ring (bicyclic) bond motifs is 1. The maximum atomic E-state index is 13.3. The van der Waals surface area contributed by atoms with E-state index in [1.54, 1.807) is 12.1 Å². The number of amides is 1. The third-order valence-electron chi connectivity index (χ3n) is 7.29. The lowest BCUT2D eigenvalue weighted by Gasteiger charge is -2.17. The number of benzene rings is 2. The van der Waals surface area contributed by atoms with Gasteiger partial charge in [-0.2, -0.15) is 0 Å². The van der Waals surface area contributed by atoms with Crippen molar-refractivity contribution in [2.24, 2.45) is 0 Å². The number of halogens is 1. The molecule has 2 aromatic carbocycles. The monoisotopic (exact) mass is 477 g/mol. The zero-order valence-corrected chi connectivity index (χ0v) is 21.2. The predicted molar refractivity (Wildman–Crippen MR) is 141 cm³/mol. The zero-order valence-electron chi connectivity index (χ0n) is 21.2. The largest absolute Gasteiger partial charge is 0.338 e. The number of imidazole rings is 1. The van der Waals surface area contributed by atoms with Gasteiger partial charge in [-0.1, -0.05) is 89.0 Å². The summed E-state index contributed by atoms with van der Waals surface area (Å²) in [5.74, 6) is 1.03. The molecule has 3 aromatic rings. The zero-order chi connectivity index (χ0) is 24.5. The summed E-state index contributed by atoms with van der Waals surface area (Å²) in [4.78, 5) is 19.7. The van der Waals surface area contributed by atoms with E-state index < -0.39 is 0 Å². The minimum Gasteiger partial charge on any atom is -0.338 e. The van der Waals surface area contributed by atoms with Crippen LogP contribution in [-0.2, 0) is 17.9 Å². The van der Waals surface area contributed by atoms with Gasteiger partial charge >= 0.3 is 0 Å². The molecule has 5 heteroatoms. The molecule has 0 aliphatic carbocycles. The second-order valence-corrected chi connectivity index (χ2v) is 10.1. The maximum Gasteiger partial charge on any atom is 0.223 e. The number of hydrogen-bond acceptors (Lipinski definition) is 2. The van der Waals surface area contributed by atoms with E-state index in [0.717, 1.165) is 29.9 Å². The highest BCUT2D eigenvalue weighted by Crippen LogP contribution is 2.31. The lowest BCUT2D eigenvalue weighted by Crippen LogP contribution is -2.24. The van der Waals surface area contributed by atoms with E-state index >= 15 is 0 Å². The van der Waals surface area contributed by atoms with E-state index in [2.05, 4.69) is 29.7 Å². The Morgan fingerprint density at radius 1 is 0.886 bits per heavy atom. The lowest BCUT2D eigenvalue weighted by molar-refractivity contribution is -0.128. The summed E-state index contributed by atoms with van der Waals surface area (Å²) < 4.78 is 15.6. The molecule has 0 radical (unpaired) electrons. The third kappa shape index (κ3) is 6.93. The quantitative estimate of drug-likeness (QED) is 0.224. The minimum atomic E-state index is -0.250. The highest BCUT2D eigenvalue weighted by molar-refractivity contribution is 5.81. The first-order valence-corrected chi connectivity index (χ1v) is 13.6. The SMILES string of the molecule is CCCCCCCCCCCCn1c(C2CC(=O)N(Cc3ccc(F)cc3)C2)nc2ccccc21. The summed E-state index contributed by atoms with van der Waals surface area (Å²) in [6.45, 7) is 4.41. The standard InChI is InChI=1S/C30H40FN3O/c1-2-3-4-5-6-7-8-9-10-13-20-34-28-15-12-11-14-27(28)32-30(34)25-21-29(35)33(23-25)22-24-16-18-26(31)19-17-24/h11-12,14-19,25H,2-10,13,20-23H2,1H3. The molecule has 0 spiro atoms. The number of nitrogens with zero attached hydrogens (tertiary/aromatic N) is 3. The number of carbonyl (C=O) groups excluding carboxylic acids is 1. The van der Waals surface area contributed by atoms with E-state index in [-0.39, 0.29) is 17.6 Å². The van der Waals surface area contributed by atoms with Gasteiger partial charge in [0.2, 0.25) is 5.91 Å². The molecule has 2 heterocycles. The number of hydrogen-bond donors (Lipinski definition) is 0. The Bertz CT molecular complexity index is 1070. The third-order valence-corrected chi connectivity index (χ3v) is 7.29. The molecule has 1 unspecified atom stereocenters. The number of carbonyl (C=O) groups is 1. The van der Waals surface area contributed by atoms with E-state index in [9.17, 15) is 9.18 Å². The molecule has 0 bridgehead atoms. The molecule has 1 aromatic heterocycles. The molecule has 1 aliphatic rings. The molecule has 1 saturated heterocycles. The molecule has 4 nitrogen and oxygen atoms in total. The smallest absolute Gasteiger partial charge is 0.223 e. The highest BCUT2D eigenvalue weighted by Gasteiger charge is 2.33. The number of unbranched alkanes of at least 4 members (excludes halogenated alkanes) is 9. The first-order chi connectivity index (χ1) is 17.2. The molecule has 1 aliphatic heterocycles. The number of rotatable bonds is 14. The molecule has 0 N–H and O–H groups in total. The predicted octanol–water partition coefficient (Wildman–Crippen LogP) is 7.61. The van der Waals surface area contributed by atoms with Gasteiger partial charge in [0.25, 0.3) is 0 Å². The van der Waals surface area contributed by atoms with E-state index in [1.807, 2.05) is 11.0 Å². The Balaban J connectivity index is 1.33. The Morgan fingerprint density at radius 3 is 2.26 bits per heavy atom. The summed E-state index contributed by atoms with van der Waals surface area (Å²) in [6, 6.07) is 14.8. The average Bonchev–Trinajstić information content (AvgIpc) is 3.42. The molecule has 188 valence electrons. The highest BCUT2D eigenvalue weighted by atomic mass is 19.1. The van der Waals surface area contributed by atoms with Crippen LogP contribution in [-0.4, -0.2) is 26.9 Å². The minimum absolute atomic E-state index is 0.0958. The van der Waals surface area contributed by atoms with Gasteiger partial charge < -0.3 is 9.47 Å². The number of likely N-dealkylation sites (tertiary alicyclic amines) is 1.